The predicted molar refractivity (Wildman–Crippen MR) is 83.8 cm³/mol. The molecule has 0 unspecified atom stereocenters. The lowest BCUT2D eigenvalue weighted by atomic mass is 10.1. The molecule has 0 aliphatic rings. The van der Waals surface area contributed by atoms with Gasteiger partial charge in [-0.05, 0) is 42.8 Å². The molecule has 0 amide bonds. The Kier molecular flexibility index (Phi) is 5.03. The third-order valence-corrected chi connectivity index (χ3v) is 3.31. The summed E-state index contributed by atoms with van der Waals surface area (Å²) in [6.45, 7) is 3.30. The van der Waals surface area contributed by atoms with E-state index in [4.69, 9.17) is 10.00 Å². The lowest BCUT2D eigenvalue weighted by Crippen LogP contribution is -2.01. The van der Waals surface area contributed by atoms with Crippen LogP contribution < -0.4 is 10.1 Å². The molecule has 0 aliphatic heterocycles. The summed E-state index contributed by atoms with van der Waals surface area (Å²) in [6, 6.07) is 15.7. The summed E-state index contributed by atoms with van der Waals surface area (Å²) in [5.41, 5.74) is 2.60. The first-order valence-electron chi connectivity index (χ1n) is 6.38. The predicted octanol–water partition coefficient (Wildman–Crippen LogP) is 4.33. The quantitative estimate of drug-likeness (QED) is 0.887. The molecule has 0 heterocycles. The van der Waals surface area contributed by atoms with E-state index in [0.717, 1.165) is 21.5 Å². The molecule has 1 N–H and O–H groups in total. The second kappa shape index (κ2) is 6.97. The van der Waals surface area contributed by atoms with Gasteiger partial charge in [-0.3, -0.25) is 0 Å². The summed E-state index contributed by atoms with van der Waals surface area (Å²) >= 11 is 3.41. The van der Waals surface area contributed by atoms with Gasteiger partial charge in [0.1, 0.15) is 11.8 Å². The van der Waals surface area contributed by atoms with Crippen molar-refractivity contribution in [3.05, 3.63) is 58.1 Å². The molecule has 20 heavy (non-hydrogen) atoms. The molecule has 0 spiro atoms. The molecule has 0 aliphatic carbocycles. The molecule has 2 rings (SSSR count). The van der Waals surface area contributed by atoms with Gasteiger partial charge in [0.15, 0.2) is 0 Å². The second-order valence-electron chi connectivity index (χ2n) is 4.23. The first-order chi connectivity index (χ1) is 9.72. The summed E-state index contributed by atoms with van der Waals surface area (Å²) in [5.74, 6) is 0.872. The summed E-state index contributed by atoms with van der Waals surface area (Å²) < 4.78 is 6.36. The van der Waals surface area contributed by atoms with Crippen LogP contribution in [0.2, 0.25) is 0 Å². The van der Waals surface area contributed by atoms with Crippen molar-refractivity contribution in [3.8, 4) is 11.8 Å². The number of ether oxygens (including phenoxy) is 1. The number of nitrogens with one attached hydrogen (secondary N) is 1. The van der Waals surface area contributed by atoms with Crippen molar-refractivity contribution < 1.29 is 4.74 Å². The van der Waals surface area contributed by atoms with Crippen LogP contribution in [-0.4, -0.2) is 6.61 Å². The average molecular weight is 331 g/mol. The molecule has 0 aromatic heterocycles. The van der Waals surface area contributed by atoms with Gasteiger partial charge in [0.25, 0.3) is 0 Å². The molecule has 0 radical (unpaired) electrons. The number of benzene rings is 2. The minimum absolute atomic E-state index is 0.638. The van der Waals surface area contributed by atoms with Gasteiger partial charge in [-0.25, -0.2) is 0 Å². The van der Waals surface area contributed by atoms with Crippen molar-refractivity contribution in [1.29, 1.82) is 5.26 Å². The third kappa shape index (κ3) is 3.75. The van der Waals surface area contributed by atoms with Crippen molar-refractivity contribution in [3.63, 3.8) is 0 Å². The Hall–Kier alpha value is -1.99. The van der Waals surface area contributed by atoms with Crippen LogP contribution in [0, 0.1) is 11.3 Å². The molecule has 0 atom stereocenters. The van der Waals surface area contributed by atoms with E-state index in [0.29, 0.717) is 18.7 Å². The zero-order valence-corrected chi connectivity index (χ0v) is 12.8. The van der Waals surface area contributed by atoms with Crippen LogP contribution in [-0.2, 0) is 6.54 Å². The monoisotopic (exact) mass is 330 g/mol. The highest BCUT2D eigenvalue weighted by Crippen LogP contribution is 2.22. The Morgan fingerprint density at radius 3 is 2.60 bits per heavy atom. The van der Waals surface area contributed by atoms with Crippen molar-refractivity contribution in [2.24, 2.45) is 0 Å². The fraction of sp³-hybridized carbons (Fsp3) is 0.188. The number of rotatable bonds is 5. The van der Waals surface area contributed by atoms with Crippen molar-refractivity contribution in [1.82, 2.24) is 0 Å². The third-order valence-electron chi connectivity index (χ3n) is 2.82. The molecular weight excluding hydrogens is 316 g/mol. The Labute approximate surface area is 127 Å². The van der Waals surface area contributed by atoms with E-state index in [9.17, 15) is 0 Å². The Morgan fingerprint density at radius 1 is 1.20 bits per heavy atom. The molecule has 0 fully saturated rings. The maximum absolute atomic E-state index is 9.08. The summed E-state index contributed by atoms with van der Waals surface area (Å²) in [7, 11) is 0. The fourth-order valence-electron chi connectivity index (χ4n) is 1.83. The number of nitrogens with zero attached hydrogens (tertiary/aromatic N) is 1. The zero-order valence-electron chi connectivity index (χ0n) is 11.2. The van der Waals surface area contributed by atoms with Gasteiger partial charge in [-0.2, -0.15) is 5.26 Å². The van der Waals surface area contributed by atoms with Crippen LogP contribution >= 0.6 is 15.9 Å². The number of nitriles is 1. The van der Waals surface area contributed by atoms with Crippen LogP contribution in [0.25, 0.3) is 0 Å². The molecule has 0 bridgehead atoms. The number of hydrogen-bond donors (Lipinski definition) is 1. The highest BCUT2D eigenvalue weighted by Gasteiger charge is 2.02. The van der Waals surface area contributed by atoms with Gasteiger partial charge in [-0.15, -0.1) is 0 Å². The van der Waals surface area contributed by atoms with E-state index >= 15 is 0 Å². The van der Waals surface area contributed by atoms with Crippen LogP contribution in [0.5, 0.6) is 5.75 Å². The van der Waals surface area contributed by atoms with Gasteiger partial charge in [0.05, 0.1) is 17.9 Å². The van der Waals surface area contributed by atoms with Crippen LogP contribution in [0.1, 0.15) is 18.1 Å². The fourth-order valence-corrected chi connectivity index (χ4v) is 2.19. The molecule has 0 saturated carbocycles. The zero-order chi connectivity index (χ0) is 14.4. The van der Waals surface area contributed by atoms with Gasteiger partial charge in [0, 0.05) is 11.0 Å². The van der Waals surface area contributed by atoms with Crippen LogP contribution in [0.4, 0.5) is 5.69 Å². The molecule has 2 aromatic rings. The molecule has 0 saturated heterocycles. The van der Waals surface area contributed by atoms with Crippen LogP contribution in [0.3, 0.4) is 0 Å². The maximum Gasteiger partial charge on any atom is 0.119 e. The smallest absolute Gasteiger partial charge is 0.119 e. The summed E-state index contributed by atoms with van der Waals surface area (Å²) in [4.78, 5) is 0. The van der Waals surface area contributed by atoms with E-state index < -0.39 is 0 Å². The minimum atomic E-state index is 0.638. The largest absolute Gasteiger partial charge is 0.494 e. The standard InChI is InChI=1S/C16H15BrN2O/c1-2-20-15-7-3-12(4-8-15)11-19-16-9-14(17)6-5-13(16)10-18/h3-9,19H,2,11H2,1H3. The maximum atomic E-state index is 9.08. The molecule has 2 aromatic carbocycles. The molecule has 3 nitrogen and oxygen atoms in total. The molecule has 4 heteroatoms. The van der Waals surface area contributed by atoms with Crippen molar-refractivity contribution in [2.75, 3.05) is 11.9 Å². The number of hydrogen-bond acceptors (Lipinski definition) is 3. The van der Waals surface area contributed by atoms with E-state index in [-0.39, 0.29) is 0 Å². The SMILES string of the molecule is CCOc1ccc(CNc2cc(Br)ccc2C#N)cc1. The molecular formula is C16H15BrN2O. The van der Waals surface area contributed by atoms with Gasteiger partial charge in [-0.1, -0.05) is 28.1 Å². The van der Waals surface area contributed by atoms with Gasteiger partial charge in [0.2, 0.25) is 0 Å². The van der Waals surface area contributed by atoms with Crippen molar-refractivity contribution in [2.45, 2.75) is 13.5 Å². The Morgan fingerprint density at radius 2 is 1.95 bits per heavy atom. The van der Waals surface area contributed by atoms with Crippen molar-refractivity contribution >= 4 is 21.6 Å². The lowest BCUT2D eigenvalue weighted by Gasteiger charge is -2.09. The summed E-state index contributed by atoms with van der Waals surface area (Å²) in [5, 5.41) is 12.4. The van der Waals surface area contributed by atoms with Gasteiger partial charge < -0.3 is 10.1 Å². The highest BCUT2D eigenvalue weighted by molar-refractivity contribution is 9.10. The Bertz CT molecular complexity index is 617. The highest BCUT2D eigenvalue weighted by atomic mass is 79.9. The topological polar surface area (TPSA) is 45.0 Å². The van der Waals surface area contributed by atoms with Crippen LogP contribution in [0.15, 0.2) is 46.9 Å². The first-order valence-corrected chi connectivity index (χ1v) is 7.17. The van der Waals surface area contributed by atoms with E-state index in [1.807, 2.05) is 43.3 Å². The summed E-state index contributed by atoms with van der Waals surface area (Å²) in [6.07, 6.45) is 0. The normalized spacial score (nSPS) is 9.85. The van der Waals surface area contributed by atoms with E-state index in [1.165, 1.54) is 0 Å². The lowest BCUT2D eigenvalue weighted by molar-refractivity contribution is 0.340. The average Bonchev–Trinajstić information content (AvgIpc) is 2.47. The first kappa shape index (κ1) is 14.4. The van der Waals surface area contributed by atoms with Gasteiger partial charge >= 0.3 is 0 Å². The van der Waals surface area contributed by atoms with E-state index in [2.05, 4.69) is 27.3 Å². The minimum Gasteiger partial charge on any atom is -0.494 e. The number of halogens is 1. The number of anilines is 1. The molecule has 102 valence electrons. The Balaban J connectivity index is 2.05. The van der Waals surface area contributed by atoms with E-state index in [1.54, 1.807) is 6.07 Å². The second-order valence-corrected chi connectivity index (χ2v) is 5.15.